The predicted molar refractivity (Wildman–Crippen MR) is 95.1 cm³/mol. The van der Waals surface area contributed by atoms with Crippen molar-refractivity contribution in [1.82, 2.24) is 14.5 Å². The van der Waals surface area contributed by atoms with Crippen LogP contribution in [-0.4, -0.2) is 33.4 Å². The number of likely N-dealkylation sites (tertiary alicyclic amines) is 1. The molecule has 0 spiro atoms. The van der Waals surface area contributed by atoms with E-state index in [-0.39, 0.29) is 18.0 Å². The lowest BCUT2D eigenvalue weighted by Crippen LogP contribution is -2.32. The van der Waals surface area contributed by atoms with E-state index in [1.165, 1.54) is 34.8 Å². The monoisotopic (exact) mass is 346 g/mol. The molecule has 2 aromatic heterocycles. The normalized spacial score (nSPS) is 16.2. The second kappa shape index (κ2) is 7.72. The number of piperidine rings is 1. The molecule has 0 unspecified atom stereocenters. The maximum Gasteiger partial charge on any atom is 0.250 e. The minimum atomic E-state index is -0.240. The van der Waals surface area contributed by atoms with E-state index in [2.05, 4.69) is 22.1 Å². The van der Waals surface area contributed by atoms with Crippen LogP contribution in [0.5, 0.6) is 0 Å². The molecule has 1 aliphatic heterocycles. The third-order valence-electron chi connectivity index (χ3n) is 4.27. The van der Waals surface area contributed by atoms with Crippen molar-refractivity contribution in [1.29, 1.82) is 0 Å². The Labute approximate surface area is 145 Å². The second-order valence-corrected chi connectivity index (χ2v) is 7.18. The van der Waals surface area contributed by atoms with Gasteiger partial charge in [-0.2, -0.15) is 0 Å². The zero-order chi connectivity index (χ0) is 16.9. The van der Waals surface area contributed by atoms with Crippen molar-refractivity contribution in [3.05, 3.63) is 45.8 Å². The van der Waals surface area contributed by atoms with Gasteiger partial charge in [-0.3, -0.25) is 14.5 Å². The van der Waals surface area contributed by atoms with Crippen LogP contribution in [0.1, 0.15) is 25.5 Å². The van der Waals surface area contributed by atoms with Gasteiger partial charge in [0, 0.05) is 24.2 Å². The van der Waals surface area contributed by atoms with E-state index in [4.69, 9.17) is 0 Å². The molecule has 1 amide bonds. The van der Waals surface area contributed by atoms with Crippen LogP contribution in [0.15, 0.2) is 34.6 Å². The number of thiazole rings is 1. The Balaban J connectivity index is 1.53. The molecule has 24 heavy (non-hydrogen) atoms. The molecule has 1 aliphatic rings. The molecule has 0 bridgehead atoms. The summed E-state index contributed by atoms with van der Waals surface area (Å²) in [5.74, 6) is 0.573. The number of aromatic nitrogens is 2. The summed E-state index contributed by atoms with van der Waals surface area (Å²) in [6.45, 7) is 5.34. The zero-order valence-electron chi connectivity index (χ0n) is 13.8. The number of carbonyl (C=O) groups excluding carboxylic acids is 1. The summed E-state index contributed by atoms with van der Waals surface area (Å²) in [4.78, 5) is 30.6. The number of amides is 1. The van der Waals surface area contributed by atoms with Gasteiger partial charge in [0.05, 0.1) is 5.69 Å². The molecule has 1 N–H and O–H groups in total. The van der Waals surface area contributed by atoms with Gasteiger partial charge < -0.3 is 9.88 Å². The van der Waals surface area contributed by atoms with E-state index in [0.717, 1.165) is 31.2 Å². The molecule has 6 nitrogen and oxygen atoms in total. The van der Waals surface area contributed by atoms with E-state index in [1.54, 1.807) is 18.3 Å². The molecule has 128 valence electrons. The molecule has 0 radical (unpaired) electrons. The van der Waals surface area contributed by atoms with Gasteiger partial charge in [-0.1, -0.05) is 13.0 Å². The van der Waals surface area contributed by atoms with Crippen LogP contribution >= 0.6 is 11.3 Å². The fourth-order valence-corrected chi connectivity index (χ4v) is 3.51. The molecular weight excluding hydrogens is 324 g/mol. The molecule has 0 atom stereocenters. The third kappa shape index (κ3) is 4.52. The lowest BCUT2D eigenvalue weighted by Gasteiger charge is -2.29. The number of hydrogen-bond donors (Lipinski definition) is 1. The summed E-state index contributed by atoms with van der Waals surface area (Å²) in [7, 11) is 0. The number of pyridine rings is 1. The van der Waals surface area contributed by atoms with Crippen molar-refractivity contribution in [2.45, 2.75) is 32.9 Å². The molecular formula is C17H22N4O2S. The highest BCUT2D eigenvalue weighted by molar-refractivity contribution is 7.13. The van der Waals surface area contributed by atoms with Crippen LogP contribution in [0.3, 0.4) is 0 Å². The van der Waals surface area contributed by atoms with Gasteiger partial charge in [-0.05, 0) is 37.9 Å². The van der Waals surface area contributed by atoms with E-state index in [1.807, 2.05) is 5.38 Å². The molecule has 1 saturated heterocycles. The van der Waals surface area contributed by atoms with Crippen LogP contribution in [0.2, 0.25) is 0 Å². The Morgan fingerprint density at radius 2 is 2.17 bits per heavy atom. The van der Waals surface area contributed by atoms with E-state index < -0.39 is 0 Å². The first kappa shape index (κ1) is 16.9. The first-order chi connectivity index (χ1) is 11.6. The highest BCUT2D eigenvalue weighted by Crippen LogP contribution is 2.20. The average Bonchev–Trinajstić information content (AvgIpc) is 2.99. The van der Waals surface area contributed by atoms with Crippen molar-refractivity contribution in [2.75, 3.05) is 18.4 Å². The summed E-state index contributed by atoms with van der Waals surface area (Å²) < 4.78 is 1.37. The van der Waals surface area contributed by atoms with E-state index >= 15 is 0 Å². The number of nitrogens with one attached hydrogen (secondary N) is 1. The van der Waals surface area contributed by atoms with Gasteiger partial charge in [-0.15, -0.1) is 11.3 Å². The van der Waals surface area contributed by atoms with Crippen molar-refractivity contribution in [3.8, 4) is 0 Å². The van der Waals surface area contributed by atoms with Gasteiger partial charge in [0.1, 0.15) is 6.54 Å². The summed E-state index contributed by atoms with van der Waals surface area (Å²) in [6.07, 6.45) is 4.08. The second-order valence-electron chi connectivity index (χ2n) is 6.32. The highest BCUT2D eigenvalue weighted by Gasteiger charge is 2.17. The number of anilines is 1. The SMILES string of the molecule is CC1CCN(Cc2csc(NC(=O)Cn3ccccc3=O)n2)CC1. The Bertz CT molecular complexity index is 747. The summed E-state index contributed by atoms with van der Waals surface area (Å²) in [5.41, 5.74) is 0.800. The molecule has 2 aromatic rings. The van der Waals surface area contributed by atoms with Crippen molar-refractivity contribution >= 4 is 22.4 Å². The number of nitrogens with zero attached hydrogens (tertiary/aromatic N) is 3. The molecule has 3 heterocycles. The Morgan fingerprint density at radius 1 is 1.38 bits per heavy atom. The van der Waals surface area contributed by atoms with Crippen molar-refractivity contribution in [2.24, 2.45) is 5.92 Å². The minimum absolute atomic E-state index is 0.00139. The van der Waals surface area contributed by atoms with Gasteiger partial charge in [0.2, 0.25) is 5.91 Å². The molecule has 0 aromatic carbocycles. The summed E-state index contributed by atoms with van der Waals surface area (Å²) in [6, 6.07) is 4.83. The molecule has 3 rings (SSSR count). The smallest absolute Gasteiger partial charge is 0.250 e. The Morgan fingerprint density at radius 3 is 2.92 bits per heavy atom. The topological polar surface area (TPSA) is 67.2 Å². The number of carbonyl (C=O) groups is 1. The first-order valence-corrected chi connectivity index (χ1v) is 9.10. The third-order valence-corrected chi connectivity index (χ3v) is 5.08. The van der Waals surface area contributed by atoms with Crippen molar-refractivity contribution < 1.29 is 4.79 Å². The van der Waals surface area contributed by atoms with E-state index in [0.29, 0.717) is 5.13 Å². The minimum Gasteiger partial charge on any atom is -0.306 e. The van der Waals surface area contributed by atoms with Gasteiger partial charge in [0.25, 0.3) is 5.56 Å². The van der Waals surface area contributed by atoms with Gasteiger partial charge in [0.15, 0.2) is 5.13 Å². The van der Waals surface area contributed by atoms with Crippen molar-refractivity contribution in [3.63, 3.8) is 0 Å². The predicted octanol–water partition coefficient (Wildman–Crippen LogP) is 2.18. The highest BCUT2D eigenvalue weighted by atomic mass is 32.1. The van der Waals surface area contributed by atoms with Crippen LogP contribution in [0.4, 0.5) is 5.13 Å². The Kier molecular flexibility index (Phi) is 5.42. The van der Waals surface area contributed by atoms with Crippen LogP contribution in [0.25, 0.3) is 0 Å². The lowest BCUT2D eigenvalue weighted by atomic mass is 9.99. The first-order valence-electron chi connectivity index (χ1n) is 8.22. The largest absolute Gasteiger partial charge is 0.306 e. The molecule has 0 aliphatic carbocycles. The quantitative estimate of drug-likeness (QED) is 0.901. The van der Waals surface area contributed by atoms with Crippen LogP contribution in [0, 0.1) is 5.92 Å². The molecule has 7 heteroatoms. The molecule has 0 saturated carbocycles. The number of rotatable bonds is 5. The lowest BCUT2D eigenvalue weighted by molar-refractivity contribution is -0.116. The van der Waals surface area contributed by atoms with Crippen LogP contribution < -0.4 is 10.9 Å². The summed E-state index contributed by atoms with van der Waals surface area (Å²) in [5, 5.41) is 5.35. The van der Waals surface area contributed by atoms with Crippen LogP contribution in [-0.2, 0) is 17.9 Å². The fourth-order valence-electron chi connectivity index (χ4n) is 2.79. The number of hydrogen-bond acceptors (Lipinski definition) is 5. The van der Waals surface area contributed by atoms with Gasteiger partial charge in [-0.25, -0.2) is 4.98 Å². The molecule has 1 fully saturated rings. The maximum absolute atomic E-state index is 12.1. The van der Waals surface area contributed by atoms with Gasteiger partial charge >= 0.3 is 0 Å². The fraction of sp³-hybridized carbons (Fsp3) is 0.471. The Hall–Kier alpha value is -1.99. The van der Waals surface area contributed by atoms with E-state index in [9.17, 15) is 9.59 Å². The standard InChI is InChI=1S/C17H22N4O2S/c1-13-5-8-20(9-6-13)10-14-12-24-17(18-14)19-15(22)11-21-7-3-2-4-16(21)23/h2-4,7,12-13H,5-6,8-11H2,1H3,(H,18,19,22). The average molecular weight is 346 g/mol. The maximum atomic E-state index is 12.1. The zero-order valence-corrected chi connectivity index (χ0v) is 14.6. The summed E-state index contributed by atoms with van der Waals surface area (Å²) >= 11 is 1.42.